The number of ether oxygens (including phenoxy) is 5. The Hall–Kier alpha value is -0.950. The number of hydrogen-bond acceptors (Lipinski definition) is 6. The van der Waals surface area contributed by atoms with E-state index in [0.29, 0.717) is 29.7 Å². The summed E-state index contributed by atoms with van der Waals surface area (Å²) in [6.45, 7) is 13.2. The van der Waals surface area contributed by atoms with Crippen LogP contribution in [0, 0.1) is 0 Å². The van der Waals surface area contributed by atoms with Gasteiger partial charge in [-0.1, -0.05) is 66.2 Å². The molecule has 0 radical (unpaired) electrons. The molecule has 4 rings (SSSR count). The lowest BCUT2D eigenvalue weighted by atomic mass is 10.1. The Morgan fingerprint density at radius 2 is 1.08 bits per heavy atom. The SMILES string of the molecule is CCCCC1OC1C(C)Oc1cc(OC(C)C2OC2CCCC)cc(SC(C)C2OC2CCCC)c1. The van der Waals surface area contributed by atoms with Crippen LogP contribution in [-0.4, -0.2) is 54.1 Å². The third-order valence-corrected chi connectivity index (χ3v) is 8.75. The van der Waals surface area contributed by atoms with Crippen LogP contribution in [0.15, 0.2) is 23.1 Å². The number of thioether (sulfide) groups is 1. The summed E-state index contributed by atoms with van der Waals surface area (Å²) >= 11 is 1.86. The Labute approximate surface area is 223 Å². The van der Waals surface area contributed by atoms with Gasteiger partial charge in [-0.05, 0) is 45.2 Å². The molecule has 36 heavy (non-hydrogen) atoms. The predicted octanol–water partition coefficient (Wildman–Crippen LogP) is 7.57. The molecule has 0 aromatic heterocycles. The third kappa shape index (κ3) is 8.02. The van der Waals surface area contributed by atoms with Gasteiger partial charge in [0.15, 0.2) is 0 Å². The molecule has 0 aliphatic carbocycles. The molecule has 1 aromatic rings. The van der Waals surface area contributed by atoms with E-state index in [1.807, 2.05) is 17.8 Å². The summed E-state index contributed by atoms with van der Waals surface area (Å²) in [6, 6.07) is 6.34. The van der Waals surface area contributed by atoms with Crippen molar-refractivity contribution >= 4 is 11.8 Å². The van der Waals surface area contributed by atoms with E-state index in [-0.39, 0.29) is 24.4 Å². The van der Waals surface area contributed by atoms with Gasteiger partial charge in [0.1, 0.15) is 35.9 Å². The molecule has 204 valence electrons. The van der Waals surface area contributed by atoms with Gasteiger partial charge >= 0.3 is 0 Å². The van der Waals surface area contributed by atoms with E-state index >= 15 is 0 Å². The maximum atomic E-state index is 6.41. The van der Waals surface area contributed by atoms with Gasteiger partial charge in [0.25, 0.3) is 0 Å². The molecule has 0 amide bonds. The van der Waals surface area contributed by atoms with E-state index in [0.717, 1.165) is 29.2 Å². The molecule has 6 heteroatoms. The number of benzene rings is 1. The molecule has 3 heterocycles. The van der Waals surface area contributed by atoms with Crippen molar-refractivity contribution in [3.63, 3.8) is 0 Å². The normalized spacial score (nSPS) is 30.9. The van der Waals surface area contributed by atoms with Crippen LogP contribution in [0.3, 0.4) is 0 Å². The molecule has 3 aliphatic rings. The first-order chi connectivity index (χ1) is 17.4. The minimum atomic E-state index is 0.0187. The molecule has 0 N–H and O–H groups in total. The minimum absolute atomic E-state index is 0.0187. The molecule has 0 saturated carbocycles. The summed E-state index contributed by atoms with van der Waals surface area (Å²) in [7, 11) is 0. The summed E-state index contributed by atoms with van der Waals surface area (Å²) in [5.74, 6) is 1.70. The first-order valence-corrected chi connectivity index (χ1v) is 15.4. The third-order valence-electron chi connectivity index (χ3n) is 7.60. The molecule has 9 atom stereocenters. The van der Waals surface area contributed by atoms with E-state index in [9.17, 15) is 0 Å². The fourth-order valence-electron chi connectivity index (χ4n) is 5.22. The topological polar surface area (TPSA) is 56.0 Å². The summed E-state index contributed by atoms with van der Waals surface area (Å²) in [4.78, 5) is 1.16. The van der Waals surface area contributed by atoms with Gasteiger partial charge in [0.2, 0.25) is 0 Å². The largest absolute Gasteiger partial charge is 0.488 e. The average Bonchev–Trinajstić information content (AvgIpc) is 3.73. The molecule has 3 aliphatic heterocycles. The van der Waals surface area contributed by atoms with Crippen LogP contribution in [0.5, 0.6) is 11.5 Å². The number of hydrogen-bond donors (Lipinski definition) is 0. The van der Waals surface area contributed by atoms with Crippen molar-refractivity contribution in [2.24, 2.45) is 0 Å². The van der Waals surface area contributed by atoms with Crippen LogP contribution in [-0.2, 0) is 14.2 Å². The Morgan fingerprint density at radius 3 is 1.53 bits per heavy atom. The first-order valence-electron chi connectivity index (χ1n) is 14.5. The van der Waals surface area contributed by atoms with Gasteiger partial charge in [0.05, 0.1) is 24.4 Å². The van der Waals surface area contributed by atoms with E-state index in [1.165, 1.54) is 44.9 Å². The summed E-state index contributed by atoms with van der Waals surface area (Å²) in [6.07, 6.45) is 12.5. The molecule has 9 unspecified atom stereocenters. The van der Waals surface area contributed by atoms with Crippen LogP contribution >= 0.6 is 11.8 Å². The van der Waals surface area contributed by atoms with E-state index in [2.05, 4.69) is 53.7 Å². The van der Waals surface area contributed by atoms with Crippen molar-refractivity contribution < 1.29 is 23.7 Å². The quantitative estimate of drug-likeness (QED) is 0.147. The maximum Gasteiger partial charge on any atom is 0.125 e. The standard InChI is InChI=1S/C30H48O5S/c1-7-10-13-25-28(33-25)19(4)31-22-16-23(32-20(5)29-26(34-29)14-11-8-2)18-24(17-22)36-21(6)30-27(35-30)15-12-9-3/h16-21,25-30H,7-15H2,1-6H3. The highest BCUT2D eigenvalue weighted by Crippen LogP contribution is 2.41. The Morgan fingerprint density at radius 1 is 0.667 bits per heavy atom. The van der Waals surface area contributed by atoms with Crippen molar-refractivity contribution in [3.8, 4) is 11.5 Å². The van der Waals surface area contributed by atoms with Crippen molar-refractivity contribution in [2.75, 3.05) is 0 Å². The summed E-state index contributed by atoms with van der Waals surface area (Å²) < 4.78 is 30.7. The van der Waals surface area contributed by atoms with Crippen LogP contribution in [0.4, 0.5) is 0 Å². The maximum absolute atomic E-state index is 6.41. The van der Waals surface area contributed by atoms with Gasteiger partial charge in [-0.25, -0.2) is 0 Å². The van der Waals surface area contributed by atoms with Crippen LogP contribution in [0.2, 0.25) is 0 Å². The van der Waals surface area contributed by atoms with Gasteiger partial charge in [-0.2, -0.15) is 0 Å². The van der Waals surface area contributed by atoms with Crippen molar-refractivity contribution in [2.45, 2.75) is 158 Å². The Kier molecular flexibility index (Phi) is 10.3. The lowest BCUT2D eigenvalue weighted by Crippen LogP contribution is -2.22. The zero-order chi connectivity index (χ0) is 25.7. The first kappa shape index (κ1) is 28.1. The van der Waals surface area contributed by atoms with E-state index in [4.69, 9.17) is 23.7 Å². The smallest absolute Gasteiger partial charge is 0.125 e. The zero-order valence-electron chi connectivity index (χ0n) is 23.2. The molecule has 3 fully saturated rings. The molecule has 3 saturated heterocycles. The minimum Gasteiger partial charge on any atom is -0.488 e. The van der Waals surface area contributed by atoms with Crippen LogP contribution in [0.25, 0.3) is 0 Å². The van der Waals surface area contributed by atoms with Gasteiger partial charge in [-0.3, -0.25) is 0 Å². The fourth-order valence-corrected chi connectivity index (χ4v) is 6.39. The second-order valence-corrected chi connectivity index (χ2v) is 12.4. The second-order valence-electron chi connectivity index (χ2n) is 11.0. The highest BCUT2D eigenvalue weighted by atomic mass is 32.2. The lowest BCUT2D eigenvalue weighted by Gasteiger charge is -2.19. The Balaban J connectivity index is 1.38. The Bertz CT molecular complexity index is 701. The van der Waals surface area contributed by atoms with Gasteiger partial charge in [0, 0.05) is 16.2 Å². The zero-order valence-corrected chi connectivity index (χ0v) is 24.1. The highest BCUT2D eigenvalue weighted by Gasteiger charge is 2.45. The fraction of sp³-hybridized carbons (Fsp3) is 0.800. The number of rotatable bonds is 18. The summed E-state index contributed by atoms with van der Waals surface area (Å²) in [5.41, 5.74) is 0. The van der Waals surface area contributed by atoms with Crippen molar-refractivity contribution in [1.82, 2.24) is 0 Å². The van der Waals surface area contributed by atoms with Crippen molar-refractivity contribution in [3.05, 3.63) is 18.2 Å². The van der Waals surface area contributed by atoms with E-state index < -0.39 is 0 Å². The molecule has 0 bridgehead atoms. The predicted molar refractivity (Wildman–Crippen MR) is 146 cm³/mol. The molecule has 5 nitrogen and oxygen atoms in total. The summed E-state index contributed by atoms with van der Waals surface area (Å²) in [5, 5.41) is 0.389. The van der Waals surface area contributed by atoms with Crippen molar-refractivity contribution in [1.29, 1.82) is 0 Å². The lowest BCUT2D eigenvalue weighted by molar-refractivity contribution is 0.166. The van der Waals surface area contributed by atoms with Gasteiger partial charge in [-0.15, -0.1) is 11.8 Å². The monoisotopic (exact) mass is 520 g/mol. The van der Waals surface area contributed by atoms with Gasteiger partial charge < -0.3 is 23.7 Å². The van der Waals surface area contributed by atoms with Crippen LogP contribution in [0.1, 0.15) is 99.3 Å². The molecule has 0 spiro atoms. The second kappa shape index (κ2) is 13.2. The molecule has 1 aromatic carbocycles. The number of unbranched alkanes of at least 4 members (excludes halogenated alkanes) is 3. The highest BCUT2D eigenvalue weighted by molar-refractivity contribution is 8.00. The van der Waals surface area contributed by atoms with Crippen LogP contribution < -0.4 is 9.47 Å². The van der Waals surface area contributed by atoms with E-state index in [1.54, 1.807) is 0 Å². The number of epoxide rings is 3. The molecular weight excluding hydrogens is 472 g/mol. The average molecular weight is 521 g/mol. The molecular formula is C30H48O5S.